The monoisotopic (exact) mass is 387 g/mol. The highest BCUT2D eigenvalue weighted by Gasteiger charge is 2.18. The van der Waals surface area contributed by atoms with Crippen molar-refractivity contribution in [2.24, 2.45) is 0 Å². The molecule has 1 heterocycles. The van der Waals surface area contributed by atoms with Crippen molar-refractivity contribution in [3.63, 3.8) is 0 Å². The summed E-state index contributed by atoms with van der Waals surface area (Å²) >= 11 is 0. The Balaban J connectivity index is 1.94. The highest BCUT2D eigenvalue weighted by molar-refractivity contribution is 6.10. The Labute approximate surface area is 166 Å². The van der Waals surface area contributed by atoms with Gasteiger partial charge in [-0.1, -0.05) is 48.5 Å². The molecule has 0 aliphatic heterocycles. The van der Waals surface area contributed by atoms with Crippen LogP contribution in [0.4, 0.5) is 4.39 Å². The second kappa shape index (κ2) is 7.72. The summed E-state index contributed by atoms with van der Waals surface area (Å²) in [6.07, 6.45) is 1.51. The number of pyridine rings is 1. The molecule has 29 heavy (non-hydrogen) atoms. The van der Waals surface area contributed by atoms with E-state index in [4.69, 9.17) is 4.74 Å². The summed E-state index contributed by atoms with van der Waals surface area (Å²) in [6.45, 7) is 0.185. The molecule has 5 heteroatoms. The molecule has 0 spiro atoms. The molecule has 144 valence electrons. The van der Waals surface area contributed by atoms with Gasteiger partial charge < -0.3 is 9.30 Å². The number of benzene rings is 3. The minimum Gasteiger partial charge on any atom is -0.497 e. The van der Waals surface area contributed by atoms with Crippen molar-refractivity contribution in [1.82, 2.24) is 4.57 Å². The van der Waals surface area contributed by atoms with Crippen LogP contribution in [0.1, 0.15) is 21.5 Å². The van der Waals surface area contributed by atoms with E-state index in [0.717, 1.165) is 0 Å². The lowest BCUT2D eigenvalue weighted by molar-refractivity contribution is 0.103. The molecule has 0 radical (unpaired) electrons. The van der Waals surface area contributed by atoms with Gasteiger partial charge in [0.15, 0.2) is 5.78 Å². The van der Waals surface area contributed by atoms with Gasteiger partial charge in [-0.3, -0.25) is 9.59 Å². The molecule has 3 aromatic carbocycles. The van der Waals surface area contributed by atoms with Crippen molar-refractivity contribution < 1.29 is 13.9 Å². The second-order valence-corrected chi connectivity index (χ2v) is 6.67. The molecule has 0 aliphatic carbocycles. The molecule has 4 nitrogen and oxygen atoms in total. The van der Waals surface area contributed by atoms with Crippen molar-refractivity contribution in [3.8, 4) is 5.75 Å². The van der Waals surface area contributed by atoms with Crippen LogP contribution in [0.3, 0.4) is 0 Å². The maximum absolute atomic E-state index is 14.2. The number of methoxy groups -OCH3 is 1. The smallest absolute Gasteiger partial charge is 0.200 e. The van der Waals surface area contributed by atoms with Crippen molar-refractivity contribution in [3.05, 3.63) is 112 Å². The van der Waals surface area contributed by atoms with Crippen LogP contribution in [0.25, 0.3) is 10.9 Å². The first kappa shape index (κ1) is 18.6. The van der Waals surface area contributed by atoms with E-state index >= 15 is 0 Å². The van der Waals surface area contributed by atoms with E-state index in [1.807, 2.05) is 0 Å². The number of aromatic nitrogens is 1. The first-order chi connectivity index (χ1) is 14.1. The Kier molecular flexibility index (Phi) is 4.96. The maximum atomic E-state index is 14.2. The van der Waals surface area contributed by atoms with Crippen molar-refractivity contribution in [2.45, 2.75) is 6.54 Å². The minimum absolute atomic E-state index is 0.0355. The van der Waals surface area contributed by atoms with Gasteiger partial charge in [-0.05, 0) is 24.3 Å². The number of nitrogens with zero attached hydrogens (tertiary/aromatic N) is 1. The SMILES string of the molecule is COc1ccc2c(c1)c(=O)c(C(=O)c1ccccc1)cn2Cc1ccccc1F. The van der Waals surface area contributed by atoms with Crippen molar-refractivity contribution in [1.29, 1.82) is 0 Å². The molecule has 0 saturated carbocycles. The van der Waals surface area contributed by atoms with Gasteiger partial charge in [0.25, 0.3) is 0 Å². The topological polar surface area (TPSA) is 48.3 Å². The van der Waals surface area contributed by atoms with Gasteiger partial charge in [0.2, 0.25) is 5.43 Å². The van der Waals surface area contributed by atoms with Crippen LogP contribution in [-0.4, -0.2) is 17.5 Å². The lowest BCUT2D eigenvalue weighted by Gasteiger charge is -2.14. The fraction of sp³-hybridized carbons (Fsp3) is 0.0833. The van der Waals surface area contributed by atoms with E-state index in [0.29, 0.717) is 27.8 Å². The van der Waals surface area contributed by atoms with E-state index in [1.165, 1.54) is 19.4 Å². The number of fused-ring (bicyclic) bond motifs is 1. The molecule has 0 unspecified atom stereocenters. The molecular weight excluding hydrogens is 369 g/mol. The molecule has 0 atom stereocenters. The predicted molar refractivity (Wildman–Crippen MR) is 110 cm³/mol. The fourth-order valence-electron chi connectivity index (χ4n) is 3.35. The lowest BCUT2D eigenvalue weighted by Crippen LogP contribution is -2.20. The Morgan fingerprint density at radius 1 is 1.00 bits per heavy atom. The summed E-state index contributed by atoms with van der Waals surface area (Å²) < 4.78 is 21.2. The highest BCUT2D eigenvalue weighted by Crippen LogP contribution is 2.21. The first-order valence-electron chi connectivity index (χ1n) is 9.13. The molecule has 0 saturated heterocycles. The van der Waals surface area contributed by atoms with Crippen LogP contribution in [-0.2, 0) is 6.54 Å². The van der Waals surface area contributed by atoms with E-state index in [1.54, 1.807) is 71.3 Å². The van der Waals surface area contributed by atoms with Crippen molar-refractivity contribution >= 4 is 16.7 Å². The summed E-state index contributed by atoms with van der Waals surface area (Å²) in [5.41, 5.74) is 1.14. The van der Waals surface area contributed by atoms with Crippen LogP contribution in [0.15, 0.2) is 83.8 Å². The predicted octanol–water partition coefficient (Wildman–Crippen LogP) is 4.43. The lowest BCUT2D eigenvalue weighted by atomic mass is 10.0. The van der Waals surface area contributed by atoms with Gasteiger partial charge in [-0.25, -0.2) is 4.39 Å². The second-order valence-electron chi connectivity index (χ2n) is 6.67. The van der Waals surface area contributed by atoms with E-state index in [-0.39, 0.29) is 29.1 Å². The summed E-state index contributed by atoms with van der Waals surface area (Å²) in [5.74, 6) is -0.206. The van der Waals surface area contributed by atoms with Gasteiger partial charge in [0.1, 0.15) is 11.6 Å². The molecule has 0 N–H and O–H groups in total. The number of ether oxygens (including phenoxy) is 1. The molecule has 0 bridgehead atoms. The average Bonchev–Trinajstić information content (AvgIpc) is 2.77. The number of hydrogen-bond acceptors (Lipinski definition) is 3. The normalized spacial score (nSPS) is 10.8. The first-order valence-corrected chi connectivity index (χ1v) is 9.13. The van der Waals surface area contributed by atoms with Crippen LogP contribution in [0.5, 0.6) is 5.75 Å². The van der Waals surface area contributed by atoms with E-state index in [9.17, 15) is 14.0 Å². The average molecular weight is 387 g/mol. The number of rotatable bonds is 5. The molecule has 4 rings (SSSR count). The maximum Gasteiger partial charge on any atom is 0.200 e. The minimum atomic E-state index is -0.377. The van der Waals surface area contributed by atoms with Crippen LogP contribution < -0.4 is 10.2 Å². The molecule has 0 aliphatic rings. The molecular formula is C24H18FNO3. The number of hydrogen-bond donors (Lipinski definition) is 0. The van der Waals surface area contributed by atoms with Gasteiger partial charge in [-0.2, -0.15) is 0 Å². The molecule has 4 aromatic rings. The Morgan fingerprint density at radius 2 is 1.72 bits per heavy atom. The third-order valence-electron chi connectivity index (χ3n) is 4.87. The van der Waals surface area contributed by atoms with Gasteiger partial charge in [0.05, 0.1) is 30.1 Å². The van der Waals surface area contributed by atoms with E-state index < -0.39 is 0 Å². The summed E-state index contributed by atoms with van der Waals surface area (Å²) in [7, 11) is 1.51. The third-order valence-corrected chi connectivity index (χ3v) is 4.87. The van der Waals surface area contributed by atoms with Crippen LogP contribution in [0.2, 0.25) is 0 Å². The Hall–Kier alpha value is -3.73. The molecule has 0 amide bonds. The Morgan fingerprint density at radius 3 is 2.45 bits per heavy atom. The van der Waals surface area contributed by atoms with Crippen molar-refractivity contribution in [2.75, 3.05) is 7.11 Å². The summed E-state index contributed by atoms with van der Waals surface area (Å²) in [5, 5.41) is 0.350. The fourth-order valence-corrected chi connectivity index (χ4v) is 3.35. The van der Waals surface area contributed by atoms with Gasteiger partial charge in [0, 0.05) is 17.3 Å². The zero-order valence-electron chi connectivity index (χ0n) is 15.8. The number of halogens is 1. The van der Waals surface area contributed by atoms with Gasteiger partial charge in [-0.15, -0.1) is 0 Å². The number of carbonyl (C=O) groups excluding carboxylic acids is 1. The Bertz CT molecular complexity index is 1260. The third kappa shape index (κ3) is 3.55. The van der Waals surface area contributed by atoms with E-state index in [2.05, 4.69) is 0 Å². The number of ketones is 1. The molecule has 0 fully saturated rings. The van der Waals surface area contributed by atoms with Crippen LogP contribution >= 0.6 is 0 Å². The molecule has 1 aromatic heterocycles. The standard InChI is InChI=1S/C24H18FNO3/c1-29-18-11-12-22-19(13-18)24(28)20(23(27)16-7-3-2-4-8-16)15-26(22)14-17-9-5-6-10-21(17)25/h2-13,15H,14H2,1H3. The van der Waals surface area contributed by atoms with Crippen LogP contribution in [0, 0.1) is 5.82 Å². The number of carbonyl (C=O) groups is 1. The quantitative estimate of drug-likeness (QED) is 0.476. The van der Waals surface area contributed by atoms with Gasteiger partial charge >= 0.3 is 0 Å². The zero-order chi connectivity index (χ0) is 20.4. The highest BCUT2D eigenvalue weighted by atomic mass is 19.1. The zero-order valence-corrected chi connectivity index (χ0v) is 15.8. The summed E-state index contributed by atoms with van der Waals surface area (Å²) in [6, 6.07) is 20.2. The summed E-state index contributed by atoms with van der Waals surface area (Å²) in [4.78, 5) is 26.1. The largest absolute Gasteiger partial charge is 0.497 e.